The van der Waals surface area contributed by atoms with Crippen molar-refractivity contribution in [1.82, 2.24) is 4.90 Å². The van der Waals surface area contributed by atoms with Gasteiger partial charge in [0.2, 0.25) is 0 Å². The molecule has 0 radical (unpaired) electrons. The number of nitrogens with zero attached hydrogens (tertiary/aromatic N) is 1. The molecule has 0 fully saturated rings. The van der Waals surface area contributed by atoms with Crippen molar-refractivity contribution in [3.8, 4) is 11.5 Å². The zero-order valence-electron chi connectivity index (χ0n) is 16.7. The van der Waals surface area contributed by atoms with Crippen LogP contribution in [0.5, 0.6) is 11.5 Å². The lowest BCUT2D eigenvalue weighted by molar-refractivity contribution is -0.147. The van der Waals surface area contributed by atoms with Crippen molar-refractivity contribution in [2.24, 2.45) is 0 Å². The maximum Gasteiger partial charge on any atom is 0.305 e. The lowest BCUT2D eigenvalue weighted by atomic mass is 10.1. The number of carbonyl (C=O) groups excluding carboxylic acids is 1. The number of carbonyl (C=O) groups is 1. The van der Waals surface area contributed by atoms with Gasteiger partial charge in [-0.1, -0.05) is 13.0 Å². The van der Waals surface area contributed by atoms with E-state index in [-0.39, 0.29) is 12.6 Å². The lowest BCUT2D eigenvalue weighted by Gasteiger charge is -2.24. The Morgan fingerprint density at radius 3 is 2.61 bits per heavy atom. The zero-order valence-corrected chi connectivity index (χ0v) is 16.7. The van der Waals surface area contributed by atoms with Gasteiger partial charge in [-0.15, -0.1) is 0 Å². The summed E-state index contributed by atoms with van der Waals surface area (Å²) in [7, 11) is 3.19. The van der Waals surface area contributed by atoms with Crippen LogP contribution in [0.1, 0.15) is 31.1 Å². The molecule has 1 N–H and O–H groups in total. The minimum absolute atomic E-state index is 0.0284. The fraction of sp³-hybridized carbons (Fsp3) is 0.476. The van der Waals surface area contributed by atoms with Crippen LogP contribution in [0.15, 0.2) is 41.0 Å². The Morgan fingerprint density at radius 1 is 1.18 bits per heavy atom. The third-order valence-corrected chi connectivity index (χ3v) is 4.17. The minimum Gasteiger partial charge on any atom is -0.493 e. The summed E-state index contributed by atoms with van der Waals surface area (Å²) < 4.78 is 21.2. The third kappa shape index (κ3) is 6.90. The van der Waals surface area contributed by atoms with Gasteiger partial charge in [-0.3, -0.25) is 9.69 Å². The highest BCUT2D eigenvalue weighted by Gasteiger charge is 2.17. The van der Waals surface area contributed by atoms with Crippen molar-refractivity contribution < 1.29 is 28.5 Å². The summed E-state index contributed by atoms with van der Waals surface area (Å²) in [6, 6.07) is 9.41. The molecule has 0 saturated heterocycles. The van der Waals surface area contributed by atoms with E-state index in [2.05, 4.69) is 0 Å². The Hall–Kier alpha value is -2.51. The van der Waals surface area contributed by atoms with Crippen LogP contribution in [-0.2, 0) is 22.6 Å². The molecule has 7 heteroatoms. The number of rotatable bonds is 12. The minimum atomic E-state index is -0.795. The molecule has 1 aromatic heterocycles. The first kappa shape index (κ1) is 21.8. The van der Waals surface area contributed by atoms with Crippen LogP contribution < -0.4 is 9.47 Å². The molecule has 0 unspecified atom stereocenters. The molecule has 1 heterocycles. The van der Waals surface area contributed by atoms with Crippen molar-refractivity contribution >= 4 is 5.97 Å². The second-order valence-corrected chi connectivity index (χ2v) is 6.53. The number of furan rings is 1. The van der Waals surface area contributed by atoms with Gasteiger partial charge in [0.15, 0.2) is 11.5 Å². The molecule has 0 amide bonds. The van der Waals surface area contributed by atoms with Crippen LogP contribution in [0.4, 0.5) is 0 Å². The quantitative estimate of drug-likeness (QED) is 0.557. The first-order valence-corrected chi connectivity index (χ1v) is 9.35. The molecular formula is C21H29NO6. The molecule has 0 aliphatic heterocycles. The Morgan fingerprint density at radius 2 is 1.96 bits per heavy atom. The van der Waals surface area contributed by atoms with E-state index in [4.69, 9.17) is 18.6 Å². The fourth-order valence-corrected chi connectivity index (χ4v) is 2.86. The Balaban J connectivity index is 2.03. The second-order valence-electron chi connectivity index (χ2n) is 6.53. The maximum atomic E-state index is 11.5. The van der Waals surface area contributed by atoms with Gasteiger partial charge in [-0.05, 0) is 36.2 Å². The average molecular weight is 391 g/mol. The van der Waals surface area contributed by atoms with Gasteiger partial charge in [0, 0.05) is 19.5 Å². The molecule has 2 rings (SSSR count). The Bertz CT molecular complexity index is 716. The zero-order chi connectivity index (χ0) is 20.4. The van der Waals surface area contributed by atoms with Gasteiger partial charge in [0.05, 0.1) is 27.0 Å². The van der Waals surface area contributed by atoms with E-state index >= 15 is 0 Å². The predicted octanol–water partition coefficient (Wildman–Crippen LogP) is 3.00. The highest BCUT2D eigenvalue weighted by Crippen LogP contribution is 2.28. The van der Waals surface area contributed by atoms with Crippen LogP contribution in [0.3, 0.4) is 0 Å². The second kappa shape index (κ2) is 11.4. The number of hydrogen-bond donors (Lipinski definition) is 1. The molecule has 0 aliphatic rings. The fourth-order valence-electron chi connectivity index (χ4n) is 2.86. The molecule has 28 heavy (non-hydrogen) atoms. The molecule has 2 aromatic rings. The Labute approximate surface area is 165 Å². The summed E-state index contributed by atoms with van der Waals surface area (Å²) in [6.45, 7) is 3.28. The maximum absolute atomic E-state index is 11.5. The van der Waals surface area contributed by atoms with Crippen LogP contribution in [0, 0.1) is 0 Å². The van der Waals surface area contributed by atoms with Crippen molar-refractivity contribution in [3.05, 3.63) is 47.9 Å². The molecule has 0 saturated carbocycles. The number of aliphatic hydroxyl groups is 1. The van der Waals surface area contributed by atoms with Crippen molar-refractivity contribution in [2.45, 2.75) is 39.0 Å². The van der Waals surface area contributed by atoms with E-state index in [1.807, 2.05) is 42.2 Å². The van der Waals surface area contributed by atoms with E-state index in [0.717, 1.165) is 17.7 Å². The molecular weight excluding hydrogens is 362 g/mol. The molecule has 0 aliphatic carbocycles. The lowest BCUT2D eigenvalue weighted by Crippen LogP contribution is -2.34. The number of ether oxygens (including phenoxy) is 3. The number of esters is 1. The standard InChI is InChI=1S/C21H29NO6/c1-4-6-21(24)28-15-17(23)13-22(14-18-7-5-10-27-18)12-16-8-9-19(25-2)20(11-16)26-3/h5,7-11,17,23H,4,6,12-15H2,1-3H3/t17-/m1/s1. The summed E-state index contributed by atoms with van der Waals surface area (Å²) in [5.74, 6) is 1.80. The molecule has 154 valence electrons. The van der Waals surface area contributed by atoms with Crippen LogP contribution in [-0.4, -0.2) is 49.5 Å². The summed E-state index contributed by atoms with van der Waals surface area (Å²) in [5, 5.41) is 10.3. The normalized spacial score (nSPS) is 12.0. The average Bonchev–Trinajstić information content (AvgIpc) is 3.19. The number of aliphatic hydroxyl groups excluding tert-OH is 1. The van der Waals surface area contributed by atoms with Gasteiger partial charge in [-0.2, -0.15) is 0 Å². The van der Waals surface area contributed by atoms with E-state index in [9.17, 15) is 9.90 Å². The first-order chi connectivity index (χ1) is 13.5. The number of hydrogen-bond acceptors (Lipinski definition) is 7. The Kier molecular flexibility index (Phi) is 8.84. The van der Waals surface area contributed by atoms with E-state index in [1.165, 1.54) is 0 Å². The van der Waals surface area contributed by atoms with Crippen molar-refractivity contribution in [3.63, 3.8) is 0 Å². The summed E-state index contributed by atoms with van der Waals surface area (Å²) in [4.78, 5) is 13.6. The monoisotopic (exact) mass is 391 g/mol. The third-order valence-electron chi connectivity index (χ3n) is 4.17. The van der Waals surface area contributed by atoms with Gasteiger partial charge >= 0.3 is 5.97 Å². The van der Waals surface area contributed by atoms with Gasteiger partial charge < -0.3 is 23.7 Å². The number of benzene rings is 1. The predicted molar refractivity (Wildman–Crippen MR) is 104 cm³/mol. The first-order valence-electron chi connectivity index (χ1n) is 9.35. The highest BCUT2D eigenvalue weighted by molar-refractivity contribution is 5.69. The van der Waals surface area contributed by atoms with E-state index in [1.54, 1.807) is 20.5 Å². The van der Waals surface area contributed by atoms with Crippen molar-refractivity contribution in [1.29, 1.82) is 0 Å². The summed E-state index contributed by atoms with van der Waals surface area (Å²) in [5.41, 5.74) is 0.999. The molecule has 0 bridgehead atoms. The summed E-state index contributed by atoms with van der Waals surface area (Å²) in [6.07, 6.45) is 1.90. The molecule has 7 nitrogen and oxygen atoms in total. The van der Waals surface area contributed by atoms with Crippen LogP contribution >= 0.6 is 0 Å². The topological polar surface area (TPSA) is 81.4 Å². The molecule has 0 spiro atoms. The molecule has 1 aromatic carbocycles. The largest absolute Gasteiger partial charge is 0.493 e. The van der Waals surface area contributed by atoms with Crippen LogP contribution in [0.2, 0.25) is 0 Å². The smallest absolute Gasteiger partial charge is 0.305 e. The van der Waals surface area contributed by atoms with Gasteiger partial charge in [0.1, 0.15) is 18.5 Å². The van der Waals surface area contributed by atoms with Crippen LogP contribution in [0.25, 0.3) is 0 Å². The van der Waals surface area contributed by atoms with E-state index < -0.39 is 6.10 Å². The van der Waals surface area contributed by atoms with Gasteiger partial charge in [0.25, 0.3) is 0 Å². The van der Waals surface area contributed by atoms with Crippen molar-refractivity contribution in [2.75, 3.05) is 27.4 Å². The highest BCUT2D eigenvalue weighted by atomic mass is 16.5. The van der Waals surface area contributed by atoms with E-state index in [0.29, 0.717) is 37.6 Å². The molecule has 1 atom stereocenters. The number of methoxy groups -OCH3 is 2. The summed E-state index contributed by atoms with van der Waals surface area (Å²) >= 11 is 0. The SMILES string of the molecule is CCCC(=O)OC[C@H](O)CN(Cc1ccc(OC)c(OC)c1)Cc1ccco1. The van der Waals surface area contributed by atoms with Gasteiger partial charge in [-0.25, -0.2) is 0 Å².